The Bertz CT molecular complexity index is 302. The Labute approximate surface area is 94.5 Å². The highest BCUT2D eigenvalue weighted by molar-refractivity contribution is 7.11. The van der Waals surface area contributed by atoms with E-state index in [0.29, 0.717) is 5.38 Å². The highest BCUT2D eigenvalue weighted by Gasteiger charge is 2.23. The van der Waals surface area contributed by atoms with E-state index < -0.39 is 0 Å². The smallest absolute Gasteiger partial charge is 0.0933 e. The zero-order valence-electron chi connectivity index (χ0n) is 8.72. The molecule has 1 aromatic rings. The Morgan fingerprint density at radius 2 is 2.21 bits per heavy atom. The second-order valence-electron chi connectivity index (χ2n) is 4.23. The van der Waals surface area contributed by atoms with Crippen LogP contribution in [0.2, 0.25) is 0 Å². The van der Waals surface area contributed by atoms with Gasteiger partial charge in [0.15, 0.2) is 0 Å². The minimum absolute atomic E-state index is 0.419. The molecular weight excluding hydrogens is 214 g/mol. The summed E-state index contributed by atoms with van der Waals surface area (Å²) in [5.74, 6) is 0.780. The maximum Gasteiger partial charge on any atom is 0.0933 e. The molecule has 1 aliphatic rings. The summed E-state index contributed by atoms with van der Waals surface area (Å²) in [6, 6.07) is 0. The standard InChI is InChI=1S/C11H16ClNS/c1-7-8(2)14-11(13-7)6-9-3-4-10(12)5-9/h9-10H,3-6H2,1-2H3. The van der Waals surface area contributed by atoms with Crippen molar-refractivity contribution in [3.8, 4) is 0 Å². The predicted octanol–water partition coefficient (Wildman–Crippen LogP) is 3.71. The van der Waals surface area contributed by atoms with Crippen LogP contribution < -0.4 is 0 Å². The van der Waals surface area contributed by atoms with Crippen molar-refractivity contribution in [1.82, 2.24) is 4.98 Å². The Morgan fingerprint density at radius 3 is 2.71 bits per heavy atom. The first-order chi connectivity index (χ1) is 6.65. The fourth-order valence-corrected chi connectivity index (χ4v) is 3.50. The summed E-state index contributed by atoms with van der Waals surface area (Å²) in [6.45, 7) is 4.24. The maximum absolute atomic E-state index is 6.09. The van der Waals surface area contributed by atoms with E-state index in [2.05, 4.69) is 18.8 Å². The SMILES string of the molecule is Cc1nc(CC2CCC(Cl)C2)sc1C. The zero-order chi connectivity index (χ0) is 10.1. The van der Waals surface area contributed by atoms with E-state index in [1.54, 1.807) is 0 Å². The van der Waals surface area contributed by atoms with Crippen molar-refractivity contribution >= 4 is 22.9 Å². The Kier molecular flexibility index (Phi) is 3.13. The molecule has 0 aromatic carbocycles. The van der Waals surface area contributed by atoms with Crippen molar-refractivity contribution in [2.75, 3.05) is 0 Å². The minimum Gasteiger partial charge on any atom is -0.246 e. The number of hydrogen-bond acceptors (Lipinski definition) is 2. The molecule has 0 aliphatic heterocycles. The average Bonchev–Trinajstić information content (AvgIpc) is 2.62. The number of alkyl halides is 1. The lowest BCUT2D eigenvalue weighted by molar-refractivity contribution is 0.545. The molecule has 1 saturated carbocycles. The predicted molar refractivity (Wildman–Crippen MR) is 62.3 cm³/mol. The van der Waals surface area contributed by atoms with Gasteiger partial charge in [0.1, 0.15) is 0 Å². The average molecular weight is 230 g/mol. The van der Waals surface area contributed by atoms with Gasteiger partial charge in [0.2, 0.25) is 0 Å². The molecule has 0 amide bonds. The van der Waals surface area contributed by atoms with Gasteiger partial charge < -0.3 is 0 Å². The topological polar surface area (TPSA) is 12.9 Å². The molecule has 14 heavy (non-hydrogen) atoms. The summed E-state index contributed by atoms with van der Waals surface area (Å²) in [5.41, 5.74) is 1.20. The third-order valence-electron chi connectivity index (χ3n) is 3.01. The molecule has 1 heterocycles. The van der Waals surface area contributed by atoms with Gasteiger partial charge in [0, 0.05) is 16.7 Å². The van der Waals surface area contributed by atoms with Crippen molar-refractivity contribution in [2.24, 2.45) is 5.92 Å². The molecule has 1 aromatic heterocycles. The largest absolute Gasteiger partial charge is 0.246 e. The van der Waals surface area contributed by atoms with E-state index in [1.165, 1.54) is 34.8 Å². The van der Waals surface area contributed by atoms with Gasteiger partial charge in [0.05, 0.1) is 10.7 Å². The van der Waals surface area contributed by atoms with Crippen molar-refractivity contribution < 1.29 is 0 Å². The van der Waals surface area contributed by atoms with Crippen LogP contribution in [0, 0.1) is 19.8 Å². The summed E-state index contributed by atoms with van der Waals surface area (Å²) < 4.78 is 0. The first-order valence-corrected chi connectivity index (χ1v) is 6.47. The summed E-state index contributed by atoms with van der Waals surface area (Å²) >= 11 is 7.94. The lowest BCUT2D eigenvalue weighted by Gasteiger charge is -2.05. The fourth-order valence-electron chi connectivity index (χ4n) is 2.07. The zero-order valence-corrected chi connectivity index (χ0v) is 10.3. The molecule has 0 bridgehead atoms. The summed E-state index contributed by atoms with van der Waals surface area (Å²) in [5, 5.41) is 1.72. The Hall–Kier alpha value is -0.0800. The number of rotatable bonds is 2. The first kappa shape index (κ1) is 10.4. The molecule has 0 radical (unpaired) electrons. The number of thiazole rings is 1. The normalized spacial score (nSPS) is 27.1. The Morgan fingerprint density at radius 1 is 1.43 bits per heavy atom. The van der Waals surface area contributed by atoms with Gasteiger partial charge in [-0.1, -0.05) is 0 Å². The van der Waals surface area contributed by atoms with E-state index in [4.69, 9.17) is 11.6 Å². The molecule has 78 valence electrons. The first-order valence-electron chi connectivity index (χ1n) is 5.22. The van der Waals surface area contributed by atoms with E-state index >= 15 is 0 Å². The van der Waals surface area contributed by atoms with Crippen LogP contribution in [0.5, 0.6) is 0 Å². The van der Waals surface area contributed by atoms with Crippen molar-refractivity contribution in [3.05, 3.63) is 15.6 Å². The van der Waals surface area contributed by atoms with Crippen LogP contribution in [0.3, 0.4) is 0 Å². The molecule has 2 unspecified atom stereocenters. The van der Waals surface area contributed by atoms with Crippen molar-refractivity contribution in [2.45, 2.75) is 44.9 Å². The molecule has 1 nitrogen and oxygen atoms in total. The van der Waals surface area contributed by atoms with E-state index in [1.807, 2.05) is 11.3 Å². The molecule has 1 aliphatic carbocycles. The van der Waals surface area contributed by atoms with Gasteiger partial charge in [-0.25, -0.2) is 4.98 Å². The molecule has 0 N–H and O–H groups in total. The monoisotopic (exact) mass is 229 g/mol. The Balaban J connectivity index is 1.97. The summed E-state index contributed by atoms with van der Waals surface area (Å²) in [6.07, 6.45) is 4.79. The van der Waals surface area contributed by atoms with Crippen molar-refractivity contribution in [1.29, 1.82) is 0 Å². The van der Waals surface area contributed by atoms with Gasteiger partial charge in [-0.3, -0.25) is 0 Å². The molecular formula is C11H16ClNS. The van der Waals surface area contributed by atoms with Crippen LogP contribution in [-0.4, -0.2) is 10.4 Å². The van der Waals surface area contributed by atoms with E-state index in [0.717, 1.165) is 12.3 Å². The third kappa shape index (κ3) is 2.29. The van der Waals surface area contributed by atoms with Gasteiger partial charge in [-0.2, -0.15) is 0 Å². The molecule has 2 atom stereocenters. The second-order valence-corrected chi connectivity index (χ2v) is 6.13. The van der Waals surface area contributed by atoms with Crippen LogP contribution in [0.25, 0.3) is 0 Å². The minimum atomic E-state index is 0.419. The van der Waals surface area contributed by atoms with Gasteiger partial charge >= 0.3 is 0 Å². The summed E-state index contributed by atoms with van der Waals surface area (Å²) in [7, 11) is 0. The number of aromatic nitrogens is 1. The number of aryl methyl sites for hydroxylation is 2. The molecule has 3 heteroatoms. The third-order valence-corrected chi connectivity index (χ3v) is 4.50. The van der Waals surface area contributed by atoms with Crippen LogP contribution in [0.1, 0.15) is 34.8 Å². The number of hydrogen-bond donors (Lipinski definition) is 0. The molecule has 0 saturated heterocycles. The molecule has 0 spiro atoms. The van der Waals surface area contributed by atoms with Gasteiger partial charge in [-0.15, -0.1) is 22.9 Å². The van der Waals surface area contributed by atoms with Crippen LogP contribution in [0.4, 0.5) is 0 Å². The quantitative estimate of drug-likeness (QED) is 0.705. The van der Waals surface area contributed by atoms with Gasteiger partial charge in [-0.05, 0) is 39.0 Å². The molecule has 1 fully saturated rings. The molecule has 2 rings (SSSR count). The lowest BCUT2D eigenvalue weighted by atomic mass is 10.1. The van der Waals surface area contributed by atoms with Gasteiger partial charge in [0.25, 0.3) is 0 Å². The van der Waals surface area contributed by atoms with E-state index in [9.17, 15) is 0 Å². The second kappa shape index (κ2) is 4.19. The highest BCUT2D eigenvalue weighted by Crippen LogP contribution is 2.33. The lowest BCUT2D eigenvalue weighted by Crippen LogP contribution is -1.99. The highest BCUT2D eigenvalue weighted by atomic mass is 35.5. The van der Waals surface area contributed by atoms with Crippen molar-refractivity contribution in [3.63, 3.8) is 0 Å². The van der Waals surface area contributed by atoms with Crippen LogP contribution in [-0.2, 0) is 6.42 Å². The summed E-state index contributed by atoms with van der Waals surface area (Å²) in [4.78, 5) is 5.94. The fraction of sp³-hybridized carbons (Fsp3) is 0.727. The number of nitrogens with zero attached hydrogens (tertiary/aromatic N) is 1. The van der Waals surface area contributed by atoms with E-state index in [-0.39, 0.29) is 0 Å². The maximum atomic E-state index is 6.09. The van der Waals surface area contributed by atoms with Crippen LogP contribution >= 0.6 is 22.9 Å². The number of halogens is 1. The van der Waals surface area contributed by atoms with Crippen LogP contribution in [0.15, 0.2) is 0 Å².